The monoisotopic (exact) mass is 279 g/mol. The maximum Gasteiger partial charge on any atom is 0.180 e. The number of nitrogens with one attached hydrogen (secondary N) is 1. The molecule has 0 aliphatic heterocycles. The first-order valence-corrected chi connectivity index (χ1v) is 6.28. The van der Waals surface area contributed by atoms with Crippen LogP contribution in [0.5, 0.6) is 0 Å². The van der Waals surface area contributed by atoms with E-state index in [4.69, 9.17) is 5.84 Å². The average molecular weight is 279 g/mol. The predicted octanol–water partition coefficient (Wildman–Crippen LogP) is 1.65. The van der Waals surface area contributed by atoms with E-state index in [1.54, 1.807) is 18.5 Å². The summed E-state index contributed by atoms with van der Waals surface area (Å²) >= 11 is 0. The maximum atomic E-state index is 9.24. The van der Waals surface area contributed by atoms with Gasteiger partial charge in [-0.3, -0.25) is 0 Å². The van der Waals surface area contributed by atoms with Gasteiger partial charge in [-0.1, -0.05) is 12.1 Å². The number of hydrogen-bond donors (Lipinski definition) is 2. The summed E-state index contributed by atoms with van der Waals surface area (Å²) in [6.07, 6.45) is 5.24. The summed E-state index contributed by atoms with van der Waals surface area (Å²) in [7, 11) is 1.84. The van der Waals surface area contributed by atoms with Gasteiger partial charge in [0.15, 0.2) is 17.3 Å². The van der Waals surface area contributed by atoms with E-state index in [9.17, 15) is 5.26 Å². The van der Waals surface area contributed by atoms with E-state index in [0.717, 1.165) is 5.69 Å². The summed E-state index contributed by atoms with van der Waals surface area (Å²) in [4.78, 5) is 10.6. The van der Waals surface area contributed by atoms with Crippen LogP contribution in [0, 0.1) is 11.3 Å². The van der Waals surface area contributed by atoms with E-state index in [1.807, 2.05) is 40.7 Å². The number of anilines is 3. The molecule has 0 amide bonds. The molecule has 0 atom stereocenters. The lowest BCUT2D eigenvalue weighted by molar-refractivity contribution is 1.05. The molecule has 0 saturated heterocycles. The molecule has 3 aromatic rings. The Hall–Kier alpha value is -3.11. The van der Waals surface area contributed by atoms with Gasteiger partial charge in [0, 0.05) is 19.4 Å². The lowest BCUT2D eigenvalue weighted by Crippen LogP contribution is -2.17. The third-order valence-corrected chi connectivity index (χ3v) is 3.21. The largest absolute Gasteiger partial charge is 0.325 e. The molecule has 0 saturated carbocycles. The lowest BCUT2D eigenvalue weighted by Gasteiger charge is -2.20. The van der Waals surface area contributed by atoms with E-state index in [-0.39, 0.29) is 0 Å². The molecule has 0 unspecified atom stereocenters. The third-order valence-electron chi connectivity index (χ3n) is 3.21. The number of imidazole rings is 1. The molecule has 7 heteroatoms. The molecule has 0 aliphatic rings. The summed E-state index contributed by atoms with van der Waals surface area (Å²) in [6, 6.07) is 9.51. The number of hydrazine groups is 1. The van der Waals surface area contributed by atoms with Crippen molar-refractivity contribution in [1.29, 1.82) is 5.26 Å². The molecule has 3 rings (SSSR count). The van der Waals surface area contributed by atoms with Gasteiger partial charge in [-0.25, -0.2) is 15.8 Å². The first-order valence-electron chi connectivity index (χ1n) is 6.28. The van der Waals surface area contributed by atoms with Crippen LogP contribution in [0.4, 0.5) is 17.3 Å². The number of nitrogens with zero attached hydrogens (tertiary/aromatic N) is 5. The van der Waals surface area contributed by atoms with Crippen molar-refractivity contribution >= 4 is 23.0 Å². The van der Waals surface area contributed by atoms with Crippen molar-refractivity contribution in [2.24, 2.45) is 5.84 Å². The van der Waals surface area contributed by atoms with Crippen molar-refractivity contribution in [2.45, 2.75) is 0 Å². The number of fused-ring (bicyclic) bond motifs is 1. The van der Waals surface area contributed by atoms with Crippen molar-refractivity contribution in [3.63, 3.8) is 0 Å². The smallest absolute Gasteiger partial charge is 0.180 e. The number of nitrogen functional groups attached to an aromatic ring is 1. The van der Waals surface area contributed by atoms with Crippen LogP contribution in [0.1, 0.15) is 5.56 Å². The Morgan fingerprint density at radius 2 is 2.19 bits per heavy atom. The molecule has 2 aromatic heterocycles. The second-order valence-corrected chi connectivity index (χ2v) is 4.44. The maximum absolute atomic E-state index is 9.24. The fourth-order valence-corrected chi connectivity index (χ4v) is 2.18. The van der Waals surface area contributed by atoms with Crippen LogP contribution in [-0.2, 0) is 0 Å². The van der Waals surface area contributed by atoms with Gasteiger partial charge in [-0.15, -0.1) is 0 Å². The highest BCUT2D eigenvalue weighted by atomic mass is 15.3. The van der Waals surface area contributed by atoms with Gasteiger partial charge in [0.2, 0.25) is 0 Å². The van der Waals surface area contributed by atoms with Crippen LogP contribution in [0.15, 0.2) is 42.9 Å². The Balaban J connectivity index is 2.19. The van der Waals surface area contributed by atoms with Crippen LogP contribution in [0.2, 0.25) is 0 Å². The zero-order chi connectivity index (χ0) is 14.8. The summed E-state index contributed by atoms with van der Waals surface area (Å²) in [5, 5.41) is 9.24. The number of nitriles is 1. The van der Waals surface area contributed by atoms with Gasteiger partial charge in [0.05, 0.1) is 17.4 Å². The molecule has 0 spiro atoms. The first kappa shape index (κ1) is 12.9. The molecule has 7 nitrogen and oxygen atoms in total. The second-order valence-electron chi connectivity index (χ2n) is 4.44. The van der Waals surface area contributed by atoms with Crippen molar-refractivity contribution < 1.29 is 0 Å². The van der Waals surface area contributed by atoms with Crippen molar-refractivity contribution in [3.05, 3.63) is 48.4 Å². The first-order chi connectivity index (χ1) is 10.2. The minimum atomic E-state index is 0.511. The molecular formula is C14H13N7. The second kappa shape index (κ2) is 5.11. The van der Waals surface area contributed by atoms with Gasteiger partial charge < -0.3 is 14.7 Å². The Kier molecular flexibility index (Phi) is 3.14. The Morgan fingerprint density at radius 1 is 1.38 bits per heavy atom. The number of nitrogens with two attached hydrogens (primary N) is 1. The van der Waals surface area contributed by atoms with Crippen molar-refractivity contribution in [1.82, 2.24) is 14.4 Å². The molecule has 0 aliphatic carbocycles. The SMILES string of the molecule is CN(c1ccccc1C#N)c1nc(NN)cn2ccnc12. The molecule has 3 N–H and O–H groups in total. The van der Waals surface area contributed by atoms with Gasteiger partial charge in [0.1, 0.15) is 6.07 Å². The number of para-hydroxylation sites is 1. The summed E-state index contributed by atoms with van der Waals surface area (Å²) < 4.78 is 1.82. The topological polar surface area (TPSA) is 95.3 Å². The highest BCUT2D eigenvalue weighted by Gasteiger charge is 2.15. The van der Waals surface area contributed by atoms with Crippen LogP contribution in [0.3, 0.4) is 0 Å². The Bertz CT molecular complexity index is 831. The standard InChI is InChI=1S/C14H13N7/c1-20(11-5-3-2-4-10(11)8-15)14-13-17-6-7-21(13)9-12(18-14)19-16/h2-7,9,19H,16H2,1H3. The van der Waals surface area contributed by atoms with Gasteiger partial charge in [-0.05, 0) is 12.1 Å². The van der Waals surface area contributed by atoms with Gasteiger partial charge >= 0.3 is 0 Å². The van der Waals surface area contributed by atoms with E-state index >= 15 is 0 Å². The van der Waals surface area contributed by atoms with Crippen molar-refractivity contribution in [2.75, 3.05) is 17.4 Å². The average Bonchev–Trinajstić information content (AvgIpc) is 3.01. The minimum absolute atomic E-state index is 0.511. The highest BCUT2D eigenvalue weighted by Crippen LogP contribution is 2.28. The number of rotatable bonds is 3. The molecular weight excluding hydrogens is 266 g/mol. The molecule has 1 aromatic carbocycles. The zero-order valence-electron chi connectivity index (χ0n) is 11.4. The Labute approximate surface area is 121 Å². The van der Waals surface area contributed by atoms with Crippen LogP contribution in [0.25, 0.3) is 5.65 Å². The molecule has 0 fully saturated rings. The Morgan fingerprint density at radius 3 is 2.95 bits per heavy atom. The fourth-order valence-electron chi connectivity index (χ4n) is 2.18. The summed E-state index contributed by atoms with van der Waals surface area (Å²) in [5.74, 6) is 6.58. The summed E-state index contributed by atoms with van der Waals surface area (Å²) in [5.41, 5.74) is 4.54. The van der Waals surface area contributed by atoms with Crippen LogP contribution < -0.4 is 16.2 Å². The molecule has 104 valence electrons. The predicted molar refractivity (Wildman–Crippen MR) is 80.0 cm³/mol. The molecule has 21 heavy (non-hydrogen) atoms. The van der Waals surface area contributed by atoms with E-state index in [1.165, 1.54) is 0 Å². The third kappa shape index (κ3) is 2.13. The van der Waals surface area contributed by atoms with Crippen LogP contribution >= 0.6 is 0 Å². The van der Waals surface area contributed by atoms with Gasteiger partial charge in [-0.2, -0.15) is 5.26 Å². The van der Waals surface area contributed by atoms with Crippen molar-refractivity contribution in [3.8, 4) is 6.07 Å². The molecule has 0 bridgehead atoms. The van der Waals surface area contributed by atoms with E-state index in [2.05, 4.69) is 21.5 Å². The lowest BCUT2D eigenvalue weighted by atomic mass is 10.2. The van der Waals surface area contributed by atoms with E-state index < -0.39 is 0 Å². The molecule has 0 radical (unpaired) electrons. The normalized spacial score (nSPS) is 10.3. The van der Waals surface area contributed by atoms with Gasteiger partial charge in [0.25, 0.3) is 0 Å². The number of hydrogen-bond acceptors (Lipinski definition) is 6. The minimum Gasteiger partial charge on any atom is -0.325 e. The van der Waals surface area contributed by atoms with E-state index in [0.29, 0.717) is 22.8 Å². The quantitative estimate of drug-likeness (QED) is 0.559. The summed E-state index contributed by atoms with van der Waals surface area (Å²) in [6.45, 7) is 0. The number of benzene rings is 1. The molecule has 2 heterocycles. The number of aromatic nitrogens is 3. The highest BCUT2D eigenvalue weighted by molar-refractivity contribution is 5.76. The zero-order valence-corrected chi connectivity index (χ0v) is 11.4. The van der Waals surface area contributed by atoms with Crippen LogP contribution in [-0.4, -0.2) is 21.4 Å². The fraction of sp³-hybridized carbons (Fsp3) is 0.0714.